The van der Waals surface area contributed by atoms with Gasteiger partial charge in [-0.3, -0.25) is 5.10 Å². The topological polar surface area (TPSA) is 113 Å². The van der Waals surface area contributed by atoms with E-state index in [9.17, 15) is 5.11 Å². The van der Waals surface area contributed by atoms with Crippen molar-refractivity contribution < 1.29 is 5.11 Å². The zero-order valence-electron chi connectivity index (χ0n) is 11.4. The fourth-order valence-electron chi connectivity index (χ4n) is 1.91. The highest BCUT2D eigenvalue weighted by molar-refractivity contribution is 7.22. The summed E-state index contributed by atoms with van der Waals surface area (Å²) in [5.74, 6) is 0.669. The van der Waals surface area contributed by atoms with E-state index in [1.807, 2.05) is 19.1 Å². The number of aliphatic hydroxyl groups excluding tert-OH is 1. The average molecular weight is 302 g/mol. The summed E-state index contributed by atoms with van der Waals surface area (Å²) in [4.78, 5) is 13.8. The van der Waals surface area contributed by atoms with E-state index in [0.29, 0.717) is 18.0 Å². The van der Waals surface area contributed by atoms with Gasteiger partial charge < -0.3 is 10.8 Å². The van der Waals surface area contributed by atoms with Crippen LogP contribution in [0.25, 0.3) is 20.8 Å². The molecule has 21 heavy (non-hydrogen) atoms. The molecule has 0 aliphatic carbocycles. The van der Waals surface area contributed by atoms with Crippen molar-refractivity contribution in [2.24, 2.45) is 4.99 Å². The first kappa shape index (κ1) is 13.7. The van der Waals surface area contributed by atoms with Crippen LogP contribution in [-0.4, -0.2) is 37.6 Å². The van der Waals surface area contributed by atoms with Crippen LogP contribution in [0.3, 0.4) is 0 Å². The zero-order chi connectivity index (χ0) is 14.8. The molecule has 0 aromatic carbocycles. The quantitative estimate of drug-likeness (QED) is 0.639. The molecule has 0 bridgehead atoms. The van der Waals surface area contributed by atoms with Crippen molar-refractivity contribution in [3.8, 4) is 10.6 Å². The van der Waals surface area contributed by atoms with E-state index in [1.54, 1.807) is 6.20 Å². The normalized spacial score (nSPS) is 12.2. The second-order valence-electron chi connectivity index (χ2n) is 4.39. The van der Waals surface area contributed by atoms with E-state index in [0.717, 1.165) is 20.8 Å². The molecule has 3 aromatic rings. The molecule has 0 radical (unpaired) electrons. The van der Waals surface area contributed by atoms with Gasteiger partial charge in [-0.2, -0.15) is 10.1 Å². The third-order valence-corrected chi connectivity index (χ3v) is 4.15. The minimum Gasteiger partial charge on any atom is -0.390 e. The lowest BCUT2D eigenvalue weighted by atomic mass is 10.3. The molecule has 0 amide bonds. The number of aliphatic imine (C=N–C) groups is 1. The summed E-state index contributed by atoms with van der Waals surface area (Å²) in [6.45, 7) is 1.84. The van der Waals surface area contributed by atoms with Crippen molar-refractivity contribution in [2.75, 3.05) is 12.3 Å². The minimum absolute atomic E-state index is 0.0965. The Hall–Kier alpha value is -2.32. The second kappa shape index (κ2) is 5.58. The molecule has 3 heterocycles. The average Bonchev–Trinajstić information content (AvgIpc) is 3.12. The first-order chi connectivity index (χ1) is 10.2. The van der Waals surface area contributed by atoms with Gasteiger partial charge in [0.25, 0.3) is 0 Å². The number of nitrogens with two attached hydrogens (primary N) is 1. The molecule has 0 fully saturated rings. The summed E-state index contributed by atoms with van der Waals surface area (Å²) in [6.07, 6.45) is 2.35. The largest absolute Gasteiger partial charge is 0.390 e. The Bertz CT molecular complexity index is 786. The van der Waals surface area contributed by atoms with Gasteiger partial charge >= 0.3 is 0 Å². The van der Waals surface area contributed by atoms with Crippen LogP contribution in [0, 0.1) is 0 Å². The van der Waals surface area contributed by atoms with Gasteiger partial charge in [-0.15, -0.1) is 11.3 Å². The number of nitrogens with one attached hydrogen (secondary N) is 1. The Morgan fingerprint density at radius 1 is 1.48 bits per heavy atom. The maximum Gasteiger partial charge on any atom is 0.222 e. The van der Waals surface area contributed by atoms with E-state index >= 15 is 0 Å². The van der Waals surface area contributed by atoms with Crippen LogP contribution in [0.4, 0.5) is 11.8 Å². The Morgan fingerprint density at radius 3 is 3.00 bits per heavy atom. The van der Waals surface area contributed by atoms with Crippen molar-refractivity contribution in [1.29, 1.82) is 0 Å². The molecular weight excluding hydrogens is 288 g/mol. The third kappa shape index (κ3) is 2.63. The summed E-state index contributed by atoms with van der Waals surface area (Å²) < 4.78 is 0.841. The molecule has 8 heteroatoms. The number of aromatic amines is 1. The summed E-state index contributed by atoms with van der Waals surface area (Å²) in [7, 11) is 0. The first-order valence-corrected chi connectivity index (χ1v) is 7.27. The van der Waals surface area contributed by atoms with E-state index in [-0.39, 0.29) is 12.6 Å². The van der Waals surface area contributed by atoms with E-state index in [4.69, 9.17) is 5.73 Å². The standard InChI is InChI=1S/C13H14N6OS/c1-2-7(6-20)16-12-11-9(17-13(14)18-12)5-10(21-11)8-3-4-15-19-8/h3-5,20H,2,6H2,1H3,(H,15,19)(H2,14,17,18). The first-order valence-electron chi connectivity index (χ1n) is 6.45. The molecule has 7 nitrogen and oxygen atoms in total. The summed E-state index contributed by atoms with van der Waals surface area (Å²) in [5.41, 5.74) is 8.05. The molecule has 3 rings (SSSR count). The van der Waals surface area contributed by atoms with Crippen LogP contribution >= 0.6 is 11.3 Å². The van der Waals surface area contributed by atoms with Gasteiger partial charge in [0.2, 0.25) is 5.95 Å². The van der Waals surface area contributed by atoms with Crippen LogP contribution in [0.5, 0.6) is 0 Å². The van der Waals surface area contributed by atoms with Gasteiger partial charge in [0.05, 0.1) is 27.4 Å². The fraction of sp³-hybridized carbons (Fsp3) is 0.231. The predicted octanol–water partition coefficient (Wildman–Crippen LogP) is 2.14. The number of thiophene rings is 1. The number of hydrogen-bond donors (Lipinski definition) is 3. The van der Waals surface area contributed by atoms with E-state index < -0.39 is 0 Å². The maximum atomic E-state index is 9.27. The Kier molecular flexibility index (Phi) is 3.63. The molecule has 0 aliphatic rings. The molecule has 0 saturated carbocycles. The number of H-pyrrole nitrogens is 1. The lowest BCUT2D eigenvalue weighted by Crippen LogP contribution is -2.02. The van der Waals surface area contributed by atoms with Crippen LogP contribution in [0.1, 0.15) is 13.3 Å². The van der Waals surface area contributed by atoms with Gasteiger partial charge in [0.1, 0.15) is 0 Å². The number of aliphatic hydroxyl groups is 1. The number of fused-ring (bicyclic) bond motifs is 1. The van der Waals surface area contributed by atoms with Gasteiger partial charge in [0.15, 0.2) is 5.82 Å². The van der Waals surface area contributed by atoms with Crippen LogP contribution in [0.2, 0.25) is 0 Å². The summed E-state index contributed by atoms with van der Waals surface area (Å²) in [5, 5.41) is 16.1. The third-order valence-electron chi connectivity index (χ3n) is 2.99. The van der Waals surface area contributed by atoms with E-state index in [1.165, 1.54) is 11.3 Å². The van der Waals surface area contributed by atoms with Gasteiger partial charge in [-0.05, 0) is 18.6 Å². The number of nitrogen functional groups attached to an aromatic ring is 1. The molecule has 0 spiro atoms. The predicted molar refractivity (Wildman–Crippen MR) is 83.9 cm³/mol. The van der Waals surface area contributed by atoms with Gasteiger partial charge in [-0.1, -0.05) is 6.92 Å². The van der Waals surface area contributed by atoms with E-state index in [2.05, 4.69) is 25.2 Å². The highest BCUT2D eigenvalue weighted by atomic mass is 32.1. The molecule has 0 atom stereocenters. The molecule has 0 aliphatic heterocycles. The SMILES string of the molecule is CCC(CO)=Nc1nc(N)nc2cc(-c3ccn[nH]3)sc12. The van der Waals surface area contributed by atoms with Crippen LogP contribution in [-0.2, 0) is 0 Å². The van der Waals surface area contributed by atoms with Crippen molar-refractivity contribution in [3.05, 3.63) is 18.3 Å². The number of aromatic nitrogens is 4. The maximum absolute atomic E-state index is 9.27. The Balaban J connectivity index is 2.18. The molecule has 3 aromatic heterocycles. The fourth-order valence-corrected chi connectivity index (χ4v) is 2.92. The van der Waals surface area contributed by atoms with Crippen LogP contribution < -0.4 is 5.73 Å². The summed E-state index contributed by atoms with van der Waals surface area (Å²) >= 11 is 1.51. The number of anilines is 1. The lowest BCUT2D eigenvalue weighted by Gasteiger charge is -2.01. The molecule has 108 valence electrons. The highest BCUT2D eigenvalue weighted by Crippen LogP contribution is 2.36. The summed E-state index contributed by atoms with van der Waals surface area (Å²) in [6, 6.07) is 3.81. The monoisotopic (exact) mass is 302 g/mol. The lowest BCUT2D eigenvalue weighted by molar-refractivity contribution is 0.355. The van der Waals surface area contributed by atoms with Crippen molar-refractivity contribution in [3.63, 3.8) is 0 Å². The van der Waals surface area contributed by atoms with Crippen molar-refractivity contribution >= 4 is 39.0 Å². The minimum atomic E-state index is -0.0965. The molecule has 0 unspecified atom stereocenters. The van der Waals surface area contributed by atoms with Crippen LogP contribution in [0.15, 0.2) is 23.3 Å². The number of hydrogen-bond acceptors (Lipinski definition) is 7. The van der Waals surface area contributed by atoms with Crippen molar-refractivity contribution in [1.82, 2.24) is 20.2 Å². The smallest absolute Gasteiger partial charge is 0.222 e. The van der Waals surface area contributed by atoms with Crippen molar-refractivity contribution in [2.45, 2.75) is 13.3 Å². The second-order valence-corrected chi connectivity index (χ2v) is 5.44. The molecule has 0 saturated heterocycles. The Morgan fingerprint density at radius 2 is 2.33 bits per heavy atom. The molecular formula is C13H14N6OS. The van der Waals surface area contributed by atoms with Gasteiger partial charge in [-0.25, -0.2) is 9.98 Å². The number of nitrogens with zero attached hydrogens (tertiary/aromatic N) is 4. The molecule has 4 N–H and O–H groups in total. The zero-order valence-corrected chi connectivity index (χ0v) is 12.2. The highest BCUT2D eigenvalue weighted by Gasteiger charge is 2.12. The Labute approximate surface area is 124 Å². The van der Waals surface area contributed by atoms with Gasteiger partial charge in [0, 0.05) is 11.9 Å². The number of rotatable bonds is 4.